The van der Waals surface area contributed by atoms with E-state index in [0.29, 0.717) is 0 Å². The molecule has 1 aromatic heterocycles. The van der Waals surface area contributed by atoms with Gasteiger partial charge < -0.3 is 10.1 Å². The predicted molar refractivity (Wildman–Crippen MR) is 85.7 cm³/mol. The number of H-pyrrole nitrogens is 1. The van der Waals surface area contributed by atoms with Gasteiger partial charge in [-0.05, 0) is 35.7 Å². The molecular weight excluding hydrogens is 354 g/mol. The number of nitrogens with one attached hydrogen (secondary N) is 1. The topological polar surface area (TPSA) is 70.2 Å². The van der Waals surface area contributed by atoms with E-state index in [1.54, 1.807) is 0 Å². The first-order valence-electron chi connectivity index (χ1n) is 7.40. The average Bonchev–Trinajstić information content (AvgIpc) is 2.55. The van der Waals surface area contributed by atoms with Crippen LogP contribution in [-0.4, -0.2) is 16.1 Å². The smallest absolute Gasteiger partial charge is 0.416 e. The summed E-state index contributed by atoms with van der Waals surface area (Å²) in [5.41, 5.74) is -1.87. The fourth-order valence-electron chi connectivity index (χ4n) is 2.70. The molecule has 0 fully saturated rings. The molecule has 0 bridgehead atoms. The fourth-order valence-corrected chi connectivity index (χ4v) is 2.70. The van der Waals surface area contributed by atoms with Gasteiger partial charge >= 0.3 is 12.1 Å². The molecule has 0 atom stereocenters. The van der Waals surface area contributed by atoms with E-state index in [9.17, 15) is 27.2 Å². The zero-order valence-electron chi connectivity index (χ0n) is 13.0. The van der Waals surface area contributed by atoms with E-state index >= 15 is 0 Å². The van der Waals surface area contributed by atoms with Crippen molar-refractivity contribution < 1.29 is 27.5 Å². The first-order chi connectivity index (χ1) is 12.2. The van der Waals surface area contributed by atoms with Crippen molar-refractivity contribution >= 4 is 16.9 Å². The Kier molecular flexibility index (Phi) is 4.27. The standard InChI is InChI=1S/C18H11F4NO3/c19-14-7-10(4-9-2-1-3-11(5-9)18(20,21)22)6-12-15(14)23-8-13(16(12)24)17(25)26/h1-3,5-8H,4H2,(H,23,24)(H,25,26). The first-order valence-corrected chi connectivity index (χ1v) is 7.40. The highest BCUT2D eigenvalue weighted by Crippen LogP contribution is 2.30. The lowest BCUT2D eigenvalue weighted by molar-refractivity contribution is -0.137. The molecule has 26 heavy (non-hydrogen) atoms. The van der Waals surface area contributed by atoms with Crippen LogP contribution in [0.25, 0.3) is 10.9 Å². The Bertz CT molecular complexity index is 1070. The molecule has 2 N–H and O–H groups in total. The highest BCUT2D eigenvalue weighted by atomic mass is 19.4. The number of rotatable bonds is 3. The molecule has 4 nitrogen and oxygen atoms in total. The Morgan fingerprint density at radius 3 is 2.50 bits per heavy atom. The number of aromatic amines is 1. The van der Waals surface area contributed by atoms with Gasteiger partial charge in [-0.1, -0.05) is 18.2 Å². The summed E-state index contributed by atoms with van der Waals surface area (Å²) in [6.45, 7) is 0. The lowest BCUT2D eigenvalue weighted by atomic mass is 10.00. The molecule has 8 heteroatoms. The third-order valence-electron chi connectivity index (χ3n) is 3.89. The maximum atomic E-state index is 14.2. The molecule has 0 unspecified atom stereocenters. The van der Waals surface area contributed by atoms with E-state index in [2.05, 4.69) is 4.98 Å². The van der Waals surface area contributed by atoms with Gasteiger partial charge in [0.15, 0.2) is 0 Å². The number of fused-ring (bicyclic) bond motifs is 1. The molecule has 0 spiro atoms. The van der Waals surface area contributed by atoms with Gasteiger partial charge in [-0.2, -0.15) is 13.2 Å². The van der Waals surface area contributed by atoms with Gasteiger partial charge in [0, 0.05) is 11.6 Å². The minimum Gasteiger partial charge on any atom is -0.477 e. The van der Waals surface area contributed by atoms with Crippen molar-refractivity contribution in [1.82, 2.24) is 4.98 Å². The number of carbonyl (C=O) groups is 1. The summed E-state index contributed by atoms with van der Waals surface area (Å²) in [4.78, 5) is 25.7. The van der Waals surface area contributed by atoms with Crippen molar-refractivity contribution in [2.45, 2.75) is 12.6 Å². The molecule has 0 aliphatic carbocycles. The number of pyridine rings is 1. The van der Waals surface area contributed by atoms with Gasteiger partial charge in [0.1, 0.15) is 11.4 Å². The van der Waals surface area contributed by atoms with E-state index in [1.807, 2.05) is 0 Å². The van der Waals surface area contributed by atoms with E-state index in [1.165, 1.54) is 18.2 Å². The Hall–Kier alpha value is -3.16. The molecule has 1 heterocycles. The third kappa shape index (κ3) is 3.30. The molecule has 134 valence electrons. The summed E-state index contributed by atoms with van der Waals surface area (Å²) in [5.74, 6) is -2.25. The SMILES string of the molecule is O=C(O)c1c[nH]c2c(F)cc(Cc3cccc(C(F)(F)F)c3)cc2c1=O. The van der Waals surface area contributed by atoms with Gasteiger partial charge in [0.2, 0.25) is 5.43 Å². The Balaban J connectivity index is 2.08. The number of aromatic nitrogens is 1. The summed E-state index contributed by atoms with van der Waals surface area (Å²) >= 11 is 0. The van der Waals surface area contributed by atoms with Crippen LogP contribution in [0.4, 0.5) is 17.6 Å². The van der Waals surface area contributed by atoms with Crippen molar-refractivity contribution in [3.05, 3.63) is 80.9 Å². The van der Waals surface area contributed by atoms with Gasteiger partial charge in [0.05, 0.1) is 11.1 Å². The Labute approximate surface area is 143 Å². The lowest BCUT2D eigenvalue weighted by Crippen LogP contribution is -2.16. The number of hydrogen-bond acceptors (Lipinski definition) is 2. The maximum Gasteiger partial charge on any atom is 0.416 e. The second kappa shape index (κ2) is 6.29. The van der Waals surface area contributed by atoms with Crippen LogP contribution in [0.3, 0.4) is 0 Å². The zero-order chi connectivity index (χ0) is 19.1. The van der Waals surface area contributed by atoms with Crippen molar-refractivity contribution in [1.29, 1.82) is 0 Å². The molecule has 0 amide bonds. The van der Waals surface area contributed by atoms with E-state index < -0.39 is 34.5 Å². The van der Waals surface area contributed by atoms with Crippen LogP contribution < -0.4 is 5.43 Å². The quantitative estimate of drug-likeness (QED) is 0.690. The van der Waals surface area contributed by atoms with Crippen LogP contribution in [0.2, 0.25) is 0 Å². The van der Waals surface area contributed by atoms with Gasteiger partial charge in [-0.25, -0.2) is 9.18 Å². The predicted octanol–water partition coefficient (Wildman–Crippen LogP) is 3.98. The molecule has 0 aliphatic heterocycles. The molecule has 0 aliphatic rings. The number of alkyl halides is 3. The minimum absolute atomic E-state index is 0.0481. The molecule has 3 rings (SSSR count). The van der Waals surface area contributed by atoms with Crippen molar-refractivity contribution in [2.75, 3.05) is 0 Å². The largest absolute Gasteiger partial charge is 0.477 e. The van der Waals surface area contributed by atoms with Gasteiger partial charge in [-0.3, -0.25) is 4.79 Å². The summed E-state index contributed by atoms with van der Waals surface area (Å²) in [7, 11) is 0. The number of halogens is 4. The first kappa shape index (κ1) is 17.7. The number of benzene rings is 2. The highest BCUT2D eigenvalue weighted by molar-refractivity contribution is 5.92. The van der Waals surface area contributed by atoms with Crippen molar-refractivity contribution in [2.24, 2.45) is 0 Å². The molecule has 0 saturated heterocycles. The van der Waals surface area contributed by atoms with E-state index in [-0.39, 0.29) is 28.5 Å². The summed E-state index contributed by atoms with van der Waals surface area (Å²) < 4.78 is 52.6. The summed E-state index contributed by atoms with van der Waals surface area (Å²) in [6.07, 6.45) is -3.64. The zero-order valence-corrected chi connectivity index (χ0v) is 13.0. The van der Waals surface area contributed by atoms with Crippen LogP contribution in [-0.2, 0) is 12.6 Å². The monoisotopic (exact) mass is 365 g/mol. The summed E-state index contributed by atoms with van der Waals surface area (Å²) in [5, 5.41) is 8.81. The molecule has 0 radical (unpaired) electrons. The highest BCUT2D eigenvalue weighted by Gasteiger charge is 2.30. The number of hydrogen-bond donors (Lipinski definition) is 2. The maximum absolute atomic E-state index is 14.2. The molecule has 0 saturated carbocycles. The Morgan fingerprint density at radius 2 is 1.85 bits per heavy atom. The molecular formula is C18H11F4NO3. The number of aromatic carboxylic acids is 1. The van der Waals surface area contributed by atoms with Crippen LogP contribution in [0.1, 0.15) is 27.0 Å². The van der Waals surface area contributed by atoms with Crippen LogP contribution >= 0.6 is 0 Å². The van der Waals surface area contributed by atoms with Crippen molar-refractivity contribution in [3.63, 3.8) is 0 Å². The Morgan fingerprint density at radius 1 is 1.12 bits per heavy atom. The number of carboxylic acid groups (broad SMARTS) is 1. The lowest BCUT2D eigenvalue weighted by Gasteiger charge is -2.10. The van der Waals surface area contributed by atoms with Gasteiger partial charge in [-0.15, -0.1) is 0 Å². The van der Waals surface area contributed by atoms with Crippen molar-refractivity contribution in [3.8, 4) is 0 Å². The van der Waals surface area contributed by atoms with Crippen LogP contribution in [0, 0.1) is 5.82 Å². The number of carboxylic acids is 1. The average molecular weight is 365 g/mol. The third-order valence-corrected chi connectivity index (χ3v) is 3.89. The van der Waals surface area contributed by atoms with E-state index in [0.717, 1.165) is 24.4 Å². The fraction of sp³-hybridized carbons (Fsp3) is 0.111. The molecule has 2 aromatic carbocycles. The second-order valence-corrected chi connectivity index (χ2v) is 5.71. The van der Waals surface area contributed by atoms with Crippen LogP contribution in [0.15, 0.2) is 47.4 Å². The minimum atomic E-state index is -4.50. The molecule has 3 aromatic rings. The second-order valence-electron chi connectivity index (χ2n) is 5.71. The van der Waals surface area contributed by atoms with Crippen LogP contribution in [0.5, 0.6) is 0 Å². The van der Waals surface area contributed by atoms with Gasteiger partial charge in [0.25, 0.3) is 0 Å². The normalized spacial score (nSPS) is 11.7. The van der Waals surface area contributed by atoms with E-state index in [4.69, 9.17) is 5.11 Å². The summed E-state index contributed by atoms with van der Waals surface area (Å²) in [6, 6.07) is 6.94.